The van der Waals surface area contributed by atoms with Crippen molar-refractivity contribution in [3.63, 3.8) is 0 Å². The molecule has 0 saturated carbocycles. The second-order valence-corrected chi connectivity index (χ2v) is 3.75. The predicted molar refractivity (Wildman–Crippen MR) is 56.3 cm³/mol. The highest BCUT2D eigenvalue weighted by Crippen LogP contribution is 2.28. The minimum Gasteiger partial charge on any atom is -0.481 e. The average molecular weight is 192 g/mol. The van der Waals surface area contributed by atoms with Crippen LogP contribution < -0.4 is 0 Å². The lowest BCUT2D eigenvalue weighted by Gasteiger charge is -2.24. The molecule has 0 bridgehead atoms. The Kier molecular flexibility index (Phi) is 3.28. The fourth-order valence-electron chi connectivity index (χ4n) is 1.68. The Morgan fingerprint density at radius 1 is 1.36 bits per heavy atom. The Bertz CT molecular complexity index is 305. The Morgan fingerprint density at radius 2 is 1.93 bits per heavy atom. The summed E-state index contributed by atoms with van der Waals surface area (Å²) in [4.78, 5) is 11.2. The topological polar surface area (TPSA) is 37.3 Å². The summed E-state index contributed by atoms with van der Waals surface area (Å²) >= 11 is 0. The largest absolute Gasteiger partial charge is 0.481 e. The summed E-state index contributed by atoms with van der Waals surface area (Å²) in [6, 6.07) is 9.42. The fraction of sp³-hybridized carbons (Fsp3) is 0.417. The third kappa shape index (κ3) is 1.95. The first kappa shape index (κ1) is 10.8. The molecule has 0 aliphatic carbocycles. The van der Waals surface area contributed by atoms with Crippen molar-refractivity contribution in [1.82, 2.24) is 0 Å². The van der Waals surface area contributed by atoms with Gasteiger partial charge in [0.1, 0.15) is 0 Å². The van der Waals surface area contributed by atoms with Crippen LogP contribution >= 0.6 is 0 Å². The minimum absolute atomic E-state index is 0.673. The lowest BCUT2D eigenvalue weighted by Crippen LogP contribution is -2.32. The minimum atomic E-state index is -0.745. The second-order valence-electron chi connectivity index (χ2n) is 3.75. The van der Waals surface area contributed by atoms with Crippen LogP contribution in [0.15, 0.2) is 30.3 Å². The highest BCUT2D eigenvalue weighted by Gasteiger charge is 2.33. The van der Waals surface area contributed by atoms with E-state index in [1.165, 1.54) is 0 Å². The van der Waals surface area contributed by atoms with E-state index in [0.717, 1.165) is 12.0 Å². The Labute approximate surface area is 84.6 Å². The maximum absolute atomic E-state index is 11.2. The molecule has 0 aromatic heterocycles. The van der Waals surface area contributed by atoms with Gasteiger partial charge in [-0.3, -0.25) is 4.79 Å². The predicted octanol–water partition coefficient (Wildman–Crippen LogP) is 2.83. The maximum Gasteiger partial charge on any atom is 0.313 e. The molecule has 0 unspecified atom stereocenters. The van der Waals surface area contributed by atoms with E-state index in [-0.39, 0.29) is 0 Å². The first-order chi connectivity index (χ1) is 6.61. The zero-order valence-electron chi connectivity index (χ0n) is 8.66. The molecule has 2 nitrogen and oxygen atoms in total. The van der Waals surface area contributed by atoms with Crippen LogP contribution in [0.25, 0.3) is 0 Å². The fourth-order valence-corrected chi connectivity index (χ4v) is 1.68. The van der Waals surface area contributed by atoms with E-state index in [2.05, 4.69) is 0 Å². The number of aliphatic carboxylic acids is 1. The maximum atomic E-state index is 11.2. The van der Waals surface area contributed by atoms with Crippen molar-refractivity contribution in [3.8, 4) is 0 Å². The van der Waals surface area contributed by atoms with Crippen LogP contribution in [-0.4, -0.2) is 11.1 Å². The number of benzene rings is 1. The van der Waals surface area contributed by atoms with Gasteiger partial charge in [-0.1, -0.05) is 43.7 Å². The van der Waals surface area contributed by atoms with E-state index >= 15 is 0 Å². The summed E-state index contributed by atoms with van der Waals surface area (Å²) < 4.78 is 0. The van der Waals surface area contributed by atoms with Gasteiger partial charge in [-0.05, 0) is 18.9 Å². The average Bonchev–Trinajstić information content (AvgIpc) is 2.19. The molecule has 0 aliphatic rings. The van der Waals surface area contributed by atoms with Crippen molar-refractivity contribution in [1.29, 1.82) is 0 Å². The van der Waals surface area contributed by atoms with Gasteiger partial charge < -0.3 is 5.11 Å². The number of rotatable bonds is 4. The van der Waals surface area contributed by atoms with E-state index < -0.39 is 11.4 Å². The van der Waals surface area contributed by atoms with Crippen molar-refractivity contribution < 1.29 is 9.90 Å². The first-order valence-electron chi connectivity index (χ1n) is 4.90. The SMILES string of the molecule is CCC[C@](C)(C(=O)O)c1ccccc1. The van der Waals surface area contributed by atoms with Gasteiger partial charge in [0.25, 0.3) is 0 Å². The summed E-state index contributed by atoms with van der Waals surface area (Å²) in [5.41, 5.74) is 0.144. The molecule has 1 N–H and O–H groups in total. The van der Waals surface area contributed by atoms with Crippen molar-refractivity contribution in [2.45, 2.75) is 32.1 Å². The van der Waals surface area contributed by atoms with Crippen LogP contribution in [0.3, 0.4) is 0 Å². The van der Waals surface area contributed by atoms with Gasteiger partial charge in [0.05, 0.1) is 5.41 Å². The molecule has 0 spiro atoms. The van der Waals surface area contributed by atoms with E-state index in [4.69, 9.17) is 0 Å². The molecule has 0 aliphatic heterocycles. The molecule has 0 amide bonds. The van der Waals surface area contributed by atoms with Crippen molar-refractivity contribution in [3.05, 3.63) is 35.9 Å². The van der Waals surface area contributed by atoms with Crippen LogP contribution in [-0.2, 0) is 10.2 Å². The molecule has 0 fully saturated rings. The lowest BCUT2D eigenvalue weighted by atomic mass is 9.79. The molecular weight excluding hydrogens is 176 g/mol. The van der Waals surface area contributed by atoms with E-state index in [1.54, 1.807) is 6.92 Å². The first-order valence-corrected chi connectivity index (χ1v) is 4.90. The Morgan fingerprint density at radius 3 is 2.36 bits per heavy atom. The summed E-state index contributed by atoms with van der Waals surface area (Å²) in [7, 11) is 0. The second kappa shape index (κ2) is 4.27. The number of carboxylic acids is 1. The lowest BCUT2D eigenvalue weighted by molar-refractivity contribution is -0.143. The van der Waals surface area contributed by atoms with Crippen molar-refractivity contribution in [2.24, 2.45) is 0 Å². The molecule has 0 radical (unpaired) electrons. The van der Waals surface area contributed by atoms with Crippen LogP contribution in [0, 0.1) is 0 Å². The molecule has 1 aromatic carbocycles. The van der Waals surface area contributed by atoms with Crippen LogP contribution in [0.2, 0.25) is 0 Å². The van der Waals surface area contributed by atoms with E-state index in [9.17, 15) is 9.90 Å². The molecule has 0 heterocycles. The summed E-state index contributed by atoms with van der Waals surface area (Å²) in [6.45, 7) is 3.79. The van der Waals surface area contributed by atoms with Gasteiger partial charge in [0.2, 0.25) is 0 Å². The number of carbonyl (C=O) groups is 1. The highest BCUT2D eigenvalue weighted by molar-refractivity contribution is 5.80. The van der Waals surface area contributed by atoms with Gasteiger partial charge in [0.15, 0.2) is 0 Å². The zero-order valence-corrected chi connectivity index (χ0v) is 8.66. The molecule has 2 heteroatoms. The number of carboxylic acid groups (broad SMARTS) is 1. The summed E-state index contributed by atoms with van der Waals surface area (Å²) in [6.07, 6.45) is 1.55. The van der Waals surface area contributed by atoms with Gasteiger partial charge in [-0.15, -0.1) is 0 Å². The summed E-state index contributed by atoms with van der Waals surface area (Å²) in [5, 5.41) is 9.22. The van der Waals surface area contributed by atoms with Gasteiger partial charge >= 0.3 is 5.97 Å². The van der Waals surface area contributed by atoms with Gasteiger partial charge in [-0.25, -0.2) is 0 Å². The molecule has 0 saturated heterocycles. The van der Waals surface area contributed by atoms with Crippen molar-refractivity contribution in [2.75, 3.05) is 0 Å². The van der Waals surface area contributed by atoms with Crippen LogP contribution in [0.5, 0.6) is 0 Å². The smallest absolute Gasteiger partial charge is 0.313 e. The quantitative estimate of drug-likeness (QED) is 0.796. The normalized spacial score (nSPS) is 14.7. The monoisotopic (exact) mass is 192 g/mol. The molecular formula is C12H16O2. The third-order valence-electron chi connectivity index (χ3n) is 2.63. The van der Waals surface area contributed by atoms with Crippen LogP contribution in [0.4, 0.5) is 0 Å². The van der Waals surface area contributed by atoms with E-state index in [1.807, 2.05) is 37.3 Å². The molecule has 76 valence electrons. The van der Waals surface area contributed by atoms with Crippen molar-refractivity contribution >= 4 is 5.97 Å². The Balaban J connectivity index is 3.06. The van der Waals surface area contributed by atoms with E-state index in [0.29, 0.717) is 6.42 Å². The Hall–Kier alpha value is -1.31. The summed E-state index contributed by atoms with van der Waals surface area (Å²) in [5.74, 6) is -0.745. The number of hydrogen-bond donors (Lipinski definition) is 1. The van der Waals surface area contributed by atoms with Crippen LogP contribution in [0.1, 0.15) is 32.3 Å². The zero-order chi connectivity index (χ0) is 10.6. The molecule has 1 aromatic rings. The molecule has 1 rings (SSSR count). The molecule has 1 atom stereocenters. The van der Waals surface area contributed by atoms with Gasteiger partial charge in [-0.2, -0.15) is 0 Å². The number of hydrogen-bond acceptors (Lipinski definition) is 1. The molecule has 14 heavy (non-hydrogen) atoms. The highest BCUT2D eigenvalue weighted by atomic mass is 16.4. The standard InChI is InChI=1S/C12H16O2/c1-3-9-12(2,11(13)14)10-7-5-4-6-8-10/h4-8H,3,9H2,1-2H3,(H,13,14)/t12-/m0/s1. The third-order valence-corrected chi connectivity index (χ3v) is 2.63. The van der Waals surface area contributed by atoms with Gasteiger partial charge in [0, 0.05) is 0 Å².